The monoisotopic (exact) mass is 334 g/mol. The predicted octanol–water partition coefficient (Wildman–Crippen LogP) is 3.60. The molecule has 100 valence electrons. The number of halogens is 2. The predicted molar refractivity (Wildman–Crippen MR) is 75.2 cm³/mol. The zero-order valence-corrected chi connectivity index (χ0v) is 11.6. The topological polar surface area (TPSA) is 54.6 Å². The standard InChI is InChI=1S/C14H8BrFN2O2/c15-12-10-6-3-7-11(14(19)20)18(10)13(17-12)8-4-1-2-5-9(8)16/h1-7H,(H,19,20). The molecule has 0 fully saturated rings. The molecule has 0 spiro atoms. The second-order valence-electron chi connectivity index (χ2n) is 4.14. The molecule has 0 unspecified atom stereocenters. The molecule has 0 radical (unpaired) electrons. The van der Waals surface area contributed by atoms with Gasteiger partial charge in [-0.2, -0.15) is 0 Å². The molecule has 0 aliphatic rings. The molecule has 0 aliphatic heterocycles. The molecule has 0 saturated carbocycles. The number of carbonyl (C=O) groups is 1. The van der Waals surface area contributed by atoms with Crippen LogP contribution < -0.4 is 0 Å². The Labute approximate surface area is 121 Å². The maximum Gasteiger partial charge on any atom is 0.352 e. The fraction of sp³-hybridized carbons (Fsp3) is 0. The zero-order valence-electron chi connectivity index (χ0n) is 10.0. The Morgan fingerprint density at radius 1 is 1.20 bits per heavy atom. The average molecular weight is 335 g/mol. The van der Waals surface area contributed by atoms with Crippen molar-refractivity contribution in [1.82, 2.24) is 9.38 Å². The maximum atomic E-state index is 13.9. The number of rotatable bonds is 2. The molecule has 3 rings (SSSR count). The van der Waals surface area contributed by atoms with Gasteiger partial charge in [0.1, 0.15) is 21.9 Å². The van der Waals surface area contributed by atoms with Crippen molar-refractivity contribution in [2.75, 3.05) is 0 Å². The molecule has 1 aromatic carbocycles. The second-order valence-corrected chi connectivity index (χ2v) is 4.89. The summed E-state index contributed by atoms with van der Waals surface area (Å²) in [7, 11) is 0. The van der Waals surface area contributed by atoms with Crippen molar-refractivity contribution in [3.63, 3.8) is 0 Å². The van der Waals surface area contributed by atoms with E-state index in [0.29, 0.717) is 10.1 Å². The van der Waals surface area contributed by atoms with Gasteiger partial charge in [0.25, 0.3) is 0 Å². The first-order valence-corrected chi connectivity index (χ1v) is 6.54. The molecule has 20 heavy (non-hydrogen) atoms. The molecule has 0 atom stereocenters. The molecule has 0 bridgehead atoms. The molecule has 0 amide bonds. The number of carboxylic acids is 1. The molecular formula is C14H8BrFN2O2. The quantitative estimate of drug-likeness (QED) is 0.779. The molecular weight excluding hydrogens is 327 g/mol. The highest BCUT2D eigenvalue weighted by atomic mass is 79.9. The lowest BCUT2D eigenvalue weighted by Gasteiger charge is -2.06. The summed E-state index contributed by atoms with van der Waals surface area (Å²) in [6.07, 6.45) is 0. The van der Waals surface area contributed by atoms with Gasteiger partial charge in [0.05, 0.1) is 11.1 Å². The van der Waals surface area contributed by atoms with Crippen molar-refractivity contribution in [3.05, 3.63) is 58.6 Å². The van der Waals surface area contributed by atoms with Crippen LogP contribution in [0.2, 0.25) is 0 Å². The largest absolute Gasteiger partial charge is 0.477 e. The van der Waals surface area contributed by atoms with Crippen molar-refractivity contribution in [1.29, 1.82) is 0 Å². The SMILES string of the molecule is O=C(O)c1cccc2c(Br)nc(-c3ccccc3F)n12. The van der Waals surface area contributed by atoms with Crippen LogP contribution in [0.1, 0.15) is 10.5 Å². The van der Waals surface area contributed by atoms with Crippen molar-refractivity contribution < 1.29 is 14.3 Å². The fourth-order valence-electron chi connectivity index (χ4n) is 2.09. The number of carboxylic acid groups (broad SMARTS) is 1. The van der Waals surface area contributed by atoms with Crippen molar-refractivity contribution in [2.45, 2.75) is 0 Å². The van der Waals surface area contributed by atoms with E-state index in [1.165, 1.54) is 16.5 Å². The first-order valence-electron chi connectivity index (χ1n) is 5.75. The number of benzene rings is 1. The number of aromatic carboxylic acids is 1. The molecule has 3 aromatic rings. The highest BCUT2D eigenvalue weighted by molar-refractivity contribution is 9.10. The number of pyridine rings is 1. The smallest absolute Gasteiger partial charge is 0.352 e. The molecule has 2 aromatic heterocycles. The first kappa shape index (κ1) is 12.8. The number of nitrogens with zero attached hydrogens (tertiary/aromatic N) is 2. The Hall–Kier alpha value is -2.21. The van der Waals surface area contributed by atoms with E-state index in [0.717, 1.165) is 0 Å². The third-order valence-corrected chi connectivity index (χ3v) is 3.53. The average Bonchev–Trinajstić information content (AvgIpc) is 2.77. The van der Waals surface area contributed by atoms with Gasteiger partial charge in [0.2, 0.25) is 0 Å². The number of hydrogen-bond donors (Lipinski definition) is 1. The van der Waals surface area contributed by atoms with E-state index in [2.05, 4.69) is 20.9 Å². The van der Waals surface area contributed by atoms with Gasteiger partial charge in [-0.05, 0) is 40.2 Å². The summed E-state index contributed by atoms with van der Waals surface area (Å²) in [5.74, 6) is -1.30. The van der Waals surface area contributed by atoms with E-state index in [9.17, 15) is 14.3 Å². The van der Waals surface area contributed by atoms with E-state index < -0.39 is 11.8 Å². The molecule has 1 N–H and O–H groups in total. The minimum Gasteiger partial charge on any atom is -0.477 e. The second kappa shape index (κ2) is 4.72. The van der Waals surface area contributed by atoms with Gasteiger partial charge in [-0.3, -0.25) is 4.40 Å². The van der Waals surface area contributed by atoms with Crippen LogP contribution in [0.25, 0.3) is 16.9 Å². The highest BCUT2D eigenvalue weighted by Crippen LogP contribution is 2.29. The van der Waals surface area contributed by atoms with Crippen LogP contribution in [0.3, 0.4) is 0 Å². The Morgan fingerprint density at radius 3 is 2.65 bits per heavy atom. The van der Waals surface area contributed by atoms with Gasteiger partial charge in [-0.1, -0.05) is 18.2 Å². The molecule has 6 heteroatoms. The summed E-state index contributed by atoms with van der Waals surface area (Å²) < 4.78 is 15.8. The van der Waals surface area contributed by atoms with Crippen molar-refractivity contribution in [3.8, 4) is 11.4 Å². The number of aromatic nitrogens is 2. The third-order valence-electron chi connectivity index (χ3n) is 2.95. The summed E-state index contributed by atoms with van der Waals surface area (Å²) in [5.41, 5.74) is 0.851. The third kappa shape index (κ3) is 1.89. The maximum absolute atomic E-state index is 13.9. The minimum absolute atomic E-state index is 0.0268. The van der Waals surface area contributed by atoms with Gasteiger partial charge in [-0.25, -0.2) is 14.2 Å². The van der Waals surface area contributed by atoms with E-state index >= 15 is 0 Å². The Kier molecular flexibility index (Phi) is 3.02. The zero-order chi connectivity index (χ0) is 14.3. The Balaban J connectivity index is 2.43. The van der Waals surface area contributed by atoms with Crippen LogP contribution in [-0.4, -0.2) is 20.5 Å². The lowest BCUT2D eigenvalue weighted by atomic mass is 10.2. The summed E-state index contributed by atoms with van der Waals surface area (Å²) in [5, 5.41) is 9.28. The lowest BCUT2D eigenvalue weighted by Crippen LogP contribution is -2.06. The van der Waals surface area contributed by atoms with Crippen LogP contribution >= 0.6 is 15.9 Å². The number of fused-ring (bicyclic) bond motifs is 1. The van der Waals surface area contributed by atoms with Crippen LogP contribution in [-0.2, 0) is 0 Å². The molecule has 0 aliphatic carbocycles. The summed E-state index contributed by atoms with van der Waals surface area (Å²) in [6.45, 7) is 0. The van der Waals surface area contributed by atoms with Gasteiger partial charge in [-0.15, -0.1) is 0 Å². The van der Waals surface area contributed by atoms with Crippen LogP contribution in [0.4, 0.5) is 4.39 Å². The van der Waals surface area contributed by atoms with Gasteiger partial charge < -0.3 is 5.11 Å². The summed E-state index contributed by atoms with van der Waals surface area (Å²) >= 11 is 3.28. The van der Waals surface area contributed by atoms with Crippen molar-refractivity contribution >= 4 is 27.4 Å². The van der Waals surface area contributed by atoms with Crippen LogP contribution in [0, 0.1) is 5.82 Å². The Morgan fingerprint density at radius 2 is 1.95 bits per heavy atom. The van der Waals surface area contributed by atoms with E-state index in [1.54, 1.807) is 30.3 Å². The highest BCUT2D eigenvalue weighted by Gasteiger charge is 2.18. The fourth-order valence-corrected chi connectivity index (χ4v) is 2.57. The number of imidazole rings is 1. The molecule has 2 heterocycles. The normalized spacial score (nSPS) is 10.9. The lowest BCUT2D eigenvalue weighted by molar-refractivity contribution is 0.0689. The van der Waals surface area contributed by atoms with E-state index in [-0.39, 0.29) is 17.1 Å². The van der Waals surface area contributed by atoms with Gasteiger partial charge in [0, 0.05) is 0 Å². The Bertz CT molecular complexity index is 829. The van der Waals surface area contributed by atoms with Crippen LogP contribution in [0.5, 0.6) is 0 Å². The molecule has 0 saturated heterocycles. The van der Waals surface area contributed by atoms with E-state index in [4.69, 9.17) is 0 Å². The minimum atomic E-state index is -1.10. The number of hydrogen-bond acceptors (Lipinski definition) is 2. The van der Waals surface area contributed by atoms with Crippen LogP contribution in [0.15, 0.2) is 47.1 Å². The van der Waals surface area contributed by atoms with Crippen molar-refractivity contribution in [2.24, 2.45) is 0 Å². The van der Waals surface area contributed by atoms with E-state index in [1.807, 2.05) is 0 Å². The molecule has 4 nitrogen and oxygen atoms in total. The van der Waals surface area contributed by atoms with Gasteiger partial charge in [0.15, 0.2) is 0 Å². The van der Waals surface area contributed by atoms with Gasteiger partial charge >= 0.3 is 5.97 Å². The first-order chi connectivity index (χ1) is 9.59. The summed E-state index contributed by atoms with van der Waals surface area (Å²) in [6, 6.07) is 10.9. The summed E-state index contributed by atoms with van der Waals surface area (Å²) in [4.78, 5) is 15.6.